The van der Waals surface area contributed by atoms with Crippen LogP contribution in [-0.4, -0.2) is 67.7 Å². The number of hydroxylamine groups is 1. The first kappa shape index (κ1) is 38.0. The lowest BCUT2D eigenvalue weighted by Crippen LogP contribution is -2.47. The molecule has 0 radical (unpaired) electrons. The average molecular weight is 774 g/mol. The van der Waals surface area contributed by atoms with Gasteiger partial charge in [-0.2, -0.15) is 0 Å². The van der Waals surface area contributed by atoms with Crippen molar-refractivity contribution in [1.29, 1.82) is 0 Å². The number of benzene rings is 2. The fraction of sp³-hybridized carbons (Fsp3) is 0.143. The smallest absolute Gasteiger partial charge is 0.337 e. The van der Waals surface area contributed by atoms with Crippen molar-refractivity contribution in [1.82, 2.24) is 39.9 Å². The molecule has 0 aliphatic heterocycles. The number of methoxy groups -OCH3 is 1. The zero-order chi connectivity index (χ0) is 39.4. The molecule has 0 saturated carbocycles. The van der Waals surface area contributed by atoms with Gasteiger partial charge >= 0.3 is 5.69 Å². The highest BCUT2D eigenvalue weighted by Gasteiger charge is 2.26. The molecule has 0 bridgehead atoms. The van der Waals surface area contributed by atoms with Crippen LogP contribution in [0, 0.1) is 11.6 Å². The summed E-state index contributed by atoms with van der Waals surface area (Å²) in [5.74, 6) is -4.65. The monoisotopic (exact) mass is 773 g/mol. The fourth-order valence-electron chi connectivity index (χ4n) is 5.46. The molecule has 55 heavy (non-hydrogen) atoms. The van der Waals surface area contributed by atoms with Gasteiger partial charge in [-0.1, -0.05) is 18.2 Å². The SMILES string of the molecule is COCc1ncc(-c2ccc(S(=O)(=O)Nc3cc(F)c(C(=O)NC(Cc4ccc(-n5c(=O)c6ccncc6n(C)c5=O)nc4)C(=O)NO)cc3F)cc2)cn1. The maximum Gasteiger partial charge on any atom is 0.337 e. The second kappa shape index (κ2) is 15.7. The minimum Gasteiger partial charge on any atom is -0.377 e. The van der Waals surface area contributed by atoms with E-state index in [1.165, 1.54) is 97.7 Å². The number of hydrogen-bond acceptors (Lipinski definition) is 12. The van der Waals surface area contributed by atoms with E-state index in [1.54, 1.807) is 0 Å². The molecule has 20 heteroatoms. The first-order valence-electron chi connectivity index (χ1n) is 16.0. The number of aromatic nitrogens is 6. The molecule has 2 amide bonds. The molecule has 6 aromatic rings. The van der Waals surface area contributed by atoms with Gasteiger partial charge in [0.1, 0.15) is 30.1 Å². The molecule has 1 unspecified atom stereocenters. The third-order valence-corrected chi connectivity index (χ3v) is 9.69. The molecule has 0 fully saturated rings. The van der Waals surface area contributed by atoms with Crippen molar-refractivity contribution in [3.63, 3.8) is 0 Å². The van der Waals surface area contributed by atoms with Gasteiger partial charge in [-0.15, -0.1) is 0 Å². The number of ether oxygens (including phenoxy) is 1. The summed E-state index contributed by atoms with van der Waals surface area (Å²) in [5, 5.41) is 11.7. The number of rotatable bonds is 12. The van der Waals surface area contributed by atoms with Gasteiger partial charge in [-0.25, -0.2) is 47.0 Å². The van der Waals surface area contributed by atoms with Gasteiger partial charge < -0.3 is 10.1 Å². The molecule has 4 heterocycles. The predicted octanol–water partition coefficient (Wildman–Crippen LogP) is 2.01. The maximum absolute atomic E-state index is 15.2. The van der Waals surface area contributed by atoms with Crippen LogP contribution < -0.4 is 26.8 Å². The van der Waals surface area contributed by atoms with E-state index in [1.807, 2.05) is 4.72 Å². The van der Waals surface area contributed by atoms with Gasteiger partial charge in [0.15, 0.2) is 5.82 Å². The Morgan fingerprint density at radius 2 is 1.65 bits per heavy atom. The van der Waals surface area contributed by atoms with Crippen molar-refractivity contribution >= 4 is 38.4 Å². The number of pyridine rings is 2. The fourth-order valence-corrected chi connectivity index (χ4v) is 6.52. The van der Waals surface area contributed by atoms with Gasteiger partial charge in [-0.3, -0.25) is 33.9 Å². The molecule has 0 aliphatic carbocycles. The molecule has 282 valence electrons. The van der Waals surface area contributed by atoms with E-state index in [0.29, 0.717) is 34.6 Å². The van der Waals surface area contributed by atoms with Crippen LogP contribution in [0.4, 0.5) is 14.5 Å². The summed E-state index contributed by atoms with van der Waals surface area (Å²) >= 11 is 0. The first-order chi connectivity index (χ1) is 26.3. The van der Waals surface area contributed by atoms with Crippen LogP contribution in [0.2, 0.25) is 0 Å². The van der Waals surface area contributed by atoms with Gasteiger partial charge in [0.25, 0.3) is 27.4 Å². The molecule has 0 aliphatic rings. The molecule has 2 aromatic carbocycles. The number of amides is 2. The molecule has 17 nitrogen and oxygen atoms in total. The number of fused-ring (bicyclic) bond motifs is 1. The van der Waals surface area contributed by atoms with Gasteiger partial charge in [0.2, 0.25) is 0 Å². The predicted molar refractivity (Wildman–Crippen MR) is 191 cm³/mol. The Kier molecular flexibility index (Phi) is 10.8. The molecule has 6 rings (SSSR count). The second-order valence-corrected chi connectivity index (χ2v) is 13.6. The van der Waals surface area contributed by atoms with Crippen molar-refractivity contribution in [2.75, 3.05) is 11.8 Å². The molecule has 0 spiro atoms. The van der Waals surface area contributed by atoms with Crippen molar-refractivity contribution in [2.24, 2.45) is 7.05 Å². The van der Waals surface area contributed by atoms with Crippen LogP contribution >= 0.6 is 0 Å². The van der Waals surface area contributed by atoms with Crippen LogP contribution in [0.3, 0.4) is 0 Å². The zero-order valence-electron chi connectivity index (χ0n) is 28.7. The number of nitrogens with zero attached hydrogens (tertiary/aromatic N) is 6. The van der Waals surface area contributed by atoms with E-state index >= 15 is 8.78 Å². The summed E-state index contributed by atoms with van der Waals surface area (Å²) in [4.78, 5) is 67.8. The first-order valence-corrected chi connectivity index (χ1v) is 17.5. The Labute approximate surface area is 309 Å². The van der Waals surface area contributed by atoms with Crippen LogP contribution in [0.25, 0.3) is 27.8 Å². The highest BCUT2D eigenvalue weighted by Crippen LogP contribution is 2.25. The number of sulfonamides is 1. The number of nitrogens with one attached hydrogen (secondary N) is 3. The van der Waals surface area contributed by atoms with E-state index < -0.39 is 62.0 Å². The maximum atomic E-state index is 15.2. The van der Waals surface area contributed by atoms with E-state index in [0.717, 1.165) is 4.57 Å². The van der Waals surface area contributed by atoms with Crippen molar-refractivity contribution < 1.29 is 36.7 Å². The summed E-state index contributed by atoms with van der Waals surface area (Å²) in [6, 6.07) is 8.96. The summed E-state index contributed by atoms with van der Waals surface area (Å²) in [7, 11) is -1.48. The highest BCUT2D eigenvalue weighted by atomic mass is 32.2. The van der Waals surface area contributed by atoms with Crippen LogP contribution in [0.5, 0.6) is 0 Å². The standard InChI is InChI=1S/C35H29F2N9O8S/c1-45-29-17-38-10-9-23(29)34(49)46(35(45)50)31-8-3-19(14-41-31)11-28(33(48)43-51)42-32(47)24-12-26(37)27(13-25(24)36)44-55(52,53)22-6-4-20(5-7-22)21-15-39-30(18-54-2)40-16-21/h3-10,12-17,28,44,51H,11,18H2,1-2H3,(H,42,47)(H,43,48). The van der Waals surface area contributed by atoms with Gasteiger partial charge in [0, 0.05) is 57.0 Å². The number of carbonyl (C=O) groups is 2. The van der Waals surface area contributed by atoms with Crippen LogP contribution in [0.1, 0.15) is 21.7 Å². The third kappa shape index (κ3) is 7.95. The lowest BCUT2D eigenvalue weighted by Gasteiger charge is -2.18. The van der Waals surface area contributed by atoms with Crippen molar-refractivity contribution in [2.45, 2.75) is 24.0 Å². The Morgan fingerprint density at radius 1 is 0.927 bits per heavy atom. The summed E-state index contributed by atoms with van der Waals surface area (Å²) < 4.78 is 65.5. The number of carbonyl (C=O) groups excluding carboxylic acids is 2. The molecule has 4 aromatic heterocycles. The topological polar surface area (TPSA) is 229 Å². The summed E-state index contributed by atoms with van der Waals surface area (Å²) in [5.41, 5.74) is 0.117. The number of hydrogen-bond donors (Lipinski definition) is 4. The highest BCUT2D eigenvalue weighted by molar-refractivity contribution is 7.92. The minimum absolute atomic E-state index is 0.0510. The molecular weight excluding hydrogens is 745 g/mol. The number of halogens is 2. The lowest BCUT2D eigenvalue weighted by molar-refractivity contribution is -0.131. The quantitative estimate of drug-likeness (QED) is 0.103. The summed E-state index contributed by atoms with van der Waals surface area (Å²) in [6.07, 6.45) is 6.72. The zero-order valence-corrected chi connectivity index (χ0v) is 29.5. The normalized spacial score (nSPS) is 11.9. The van der Waals surface area contributed by atoms with E-state index in [4.69, 9.17) is 4.74 Å². The number of anilines is 1. The number of aryl methyl sites for hydroxylation is 1. The van der Waals surface area contributed by atoms with Crippen molar-refractivity contribution in [3.05, 3.63) is 135 Å². The molecule has 1 atom stereocenters. The molecule has 0 saturated heterocycles. The van der Waals surface area contributed by atoms with Crippen LogP contribution in [0.15, 0.2) is 100 Å². The third-order valence-electron chi connectivity index (χ3n) is 8.31. The van der Waals surface area contributed by atoms with Gasteiger partial charge in [-0.05, 0) is 41.5 Å². The Balaban J connectivity index is 1.16. The average Bonchev–Trinajstić information content (AvgIpc) is 3.18. The van der Waals surface area contributed by atoms with E-state index in [-0.39, 0.29) is 34.7 Å². The molecular formula is C35H29F2N9O8S. The second-order valence-electron chi connectivity index (χ2n) is 11.9. The Morgan fingerprint density at radius 3 is 2.31 bits per heavy atom. The largest absolute Gasteiger partial charge is 0.377 e. The summed E-state index contributed by atoms with van der Waals surface area (Å²) in [6.45, 7) is 0.213. The Hall–Kier alpha value is -6.77. The van der Waals surface area contributed by atoms with Crippen molar-refractivity contribution in [3.8, 4) is 16.9 Å². The van der Waals surface area contributed by atoms with E-state index in [9.17, 15) is 32.8 Å². The Bertz CT molecular complexity index is 2660. The van der Waals surface area contributed by atoms with Crippen LogP contribution in [-0.2, 0) is 39.6 Å². The minimum atomic E-state index is -4.44. The molecule has 4 N–H and O–H groups in total. The van der Waals surface area contributed by atoms with E-state index in [2.05, 4.69) is 25.3 Å². The van der Waals surface area contributed by atoms with Gasteiger partial charge in [0.05, 0.1) is 33.2 Å². The lowest BCUT2D eigenvalue weighted by atomic mass is 10.1.